The van der Waals surface area contributed by atoms with Gasteiger partial charge in [0.15, 0.2) is 0 Å². The molecule has 0 amide bonds. The first kappa shape index (κ1) is 13.5. The van der Waals surface area contributed by atoms with Gasteiger partial charge >= 0.3 is 5.97 Å². The Balaban J connectivity index is 1.91. The monoisotopic (exact) mass is 284 g/mol. The van der Waals surface area contributed by atoms with E-state index in [-0.39, 0.29) is 23.7 Å². The minimum absolute atomic E-state index is 0.0357. The smallest absolute Gasteiger partial charge is 0.307 e. The van der Waals surface area contributed by atoms with Crippen molar-refractivity contribution in [3.63, 3.8) is 0 Å². The molecule has 1 aliphatic rings. The Morgan fingerprint density at radius 2 is 1.67 bits per heavy atom. The molecule has 2 aromatic rings. The Bertz CT molecular complexity index is 631. The van der Waals surface area contributed by atoms with Crippen LogP contribution in [0.1, 0.15) is 29.6 Å². The van der Waals surface area contributed by atoms with Crippen LogP contribution >= 0.6 is 0 Å². The van der Waals surface area contributed by atoms with Gasteiger partial charge in [-0.2, -0.15) is 0 Å². The van der Waals surface area contributed by atoms with Crippen LogP contribution in [0.25, 0.3) is 0 Å². The number of phenolic OH excluding ortho intramolecular Hbond substituents is 1. The van der Waals surface area contributed by atoms with Gasteiger partial charge in [0.05, 0.1) is 13.5 Å². The highest BCUT2D eigenvalue weighted by Gasteiger charge is 2.36. The summed E-state index contributed by atoms with van der Waals surface area (Å²) >= 11 is 0. The molecule has 0 unspecified atom stereocenters. The summed E-state index contributed by atoms with van der Waals surface area (Å²) < 4.78 is 10.6. The second kappa shape index (κ2) is 5.48. The lowest BCUT2D eigenvalue weighted by molar-refractivity contribution is -0.141. The third-order valence-corrected chi connectivity index (χ3v) is 3.78. The van der Waals surface area contributed by atoms with Gasteiger partial charge in [-0.15, -0.1) is 0 Å². The number of aromatic hydroxyl groups is 1. The maximum absolute atomic E-state index is 11.7. The van der Waals surface area contributed by atoms with Gasteiger partial charge in [-0.1, -0.05) is 24.3 Å². The van der Waals surface area contributed by atoms with Gasteiger partial charge in [-0.25, -0.2) is 0 Å². The quantitative estimate of drug-likeness (QED) is 0.880. The Hall–Kier alpha value is -2.49. The number of esters is 1. The second-order valence-corrected chi connectivity index (χ2v) is 5.09. The number of hydrogen-bond donors (Lipinski definition) is 1. The van der Waals surface area contributed by atoms with Crippen LogP contribution in [0, 0.1) is 0 Å². The van der Waals surface area contributed by atoms with Crippen molar-refractivity contribution in [3.8, 4) is 11.5 Å². The maximum Gasteiger partial charge on any atom is 0.307 e. The van der Waals surface area contributed by atoms with E-state index in [0.29, 0.717) is 6.42 Å². The van der Waals surface area contributed by atoms with E-state index in [1.54, 1.807) is 19.2 Å². The van der Waals surface area contributed by atoms with Crippen molar-refractivity contribution in [1.29, 1.82) is 0 Å². The highest BCUT2D eigenvalue weighted by molar-refractivity contribution is 5.74. The van der Waals surface area contributed by atoms with Crippen molar-refractivity contribution in [2.75, 3.05) is 7.11 Å². The van der Waals surface area contributed by atoms with E-state index in [9.17, 15) is 9.90 Å². The standard InChI is InChI=1S/C17H16O4/c1-20-14-8-4-12(5-9-14)17-15(10-16(19)21-17)11-2-6-13(18)7-3-11/h2-9,15,17-18H,10H2,1H3/t15-,17+/m0/s1. The van der Waals surface area contributed by atoms with Crippen molar-refractivity contribution in [2.45, 2.75) is 18.4 Å². The van der Waals surface area contributed by atoms with Crippen molar-refractivity contribution in [2.24, 2.45) is 0 Å². The largest absolute Gasteiger partial charge is 0.508 e. The molecular formula is C17H16O4. The summed E-state index contributed by atoms with van der Waals surface area (Å²) in [6.45, 7) is 0. The Kier molecular flexibility index (Phi) is 3.52. The summed E-state index contributed by atoms with van der Waals surface area (Å²) in [5.74, 6) is 0.745. The van der Waals surface area contributed by atoms with Crippen molar-refractivity contribution in [3.05, 3.63) is 59.7 Å². The number of benzene rings is 2. The average molecular weight is 284 g/mol. The summed E-state index contributed by atoms with van der Waals surface area (Å²) in [6, 6.07) is 14.5. The van der Waals surface area contributed by atoms with Gasteiger partial charge in [-0.05, 0) is 35.4 Å². The summed E-state index contributed by atoms with van der Waals surface area (Å²) in [5, 5.41) is 9.38. The van der Waals surface area contributed by atoms with Crippen LogP contribution in [-0.4, -0.2) is 18.2 Å². The fourth-order valence-corrected chi connectivity index (χ4v) is 2.67. The van der Waals surface area contributed by atoms with Gasteiger partial charge in [0.25, 0.3) is 0 Å². The molecule has 108 valence electrons. The van der Waals surface area contributed by atoms with E-state index in [1.165, 1.54) is 0 Å². The van der Waals surface area contributed by atoms with Gasteiger partial charge in [0, 0.05) is 5.92 Å². The SMILES string of the molecule is COc1ccc([C@H]2OC(=O)C[C@H]2c2ccc(O)cc2)cc1. The van der Waals surface area contributed by atoms with Crippen molar-refractivity contribution in [1.82, 2.24) is 0 Å². The summed E-state index contributed by atoms with van der Waals surface area (Å²) in [6.07, 6.45) is 0.0505. The topological polar surface area (TPSA) is 55.8 Å². The molecular weight excluding hydrogens is 268 g/mol. The third kappa shape index (κ3) is 2.70. The molecule has 0 bridgehead atoms. The molecule has 4 heteroatoms. The number of ether oxygens (including phenoxy) is 2. The predicted octanol–water partition coefficient (Wildman–Crippen LogP) is 3.17. The predicted molar refractivity (Wildman–Crippen MR) is 77.3 cm³/mol. The van der Waals surface area contributed by atoms with E-state index < -0.39 is 0 Å². The van der Waals surface area contributed by atoms with Gasteiger partial charge in [-0.3, -0.25) is 4.79 Å². The Morgan fingerprint density at radius 1 is 1.05 bits per heavy atom. The average Bonchev–Trinajstić information content (AvgIpc) is 2.90. The summed E-state index contributed by atoms with van der Waals surface area (Å²) in [7, 11) is 1.61. The Morgan fingerprint density at radius 3 is 2.29 bits per heavy atom. The molecule has 0 spiro atoms. The number of carbonyl (C=O) groups is 1. The van der Waals surface area contributed by atoms with Gasteiger partial charge in [0.1, 0.15) is 17.6 Å². The first-order valence-electron chi connectivity index (χ1n) is 6.80. The minimum Gasteiger partial charge on any atom is -0.508 e. The van der Waals surface area contributed by atoms with Crippen LogP contribution in [0.3, 0.4) is 0 Å². The van der Waals surface area contributed by atoms with E-state index in [1.807, 2.05) is 36.4 Å². The van der Waals surface area contributed by atoms with Crippen LogP contribution in [0.2, 0.25) is 0 Å². The van der Waals surface area contributed by atoms with Crippen LogP contribution < -0.4 is 4.74 Å². The number of hydrogen-bond acceptors (Lipinski definition) is 4. The number of phenols is 1. The lowest BCUT2D eigenvalue weighted by Crippen LogP contribution is -2.06. The summed E-state index contributed by atoms with van der Waals surface area (Å²) in [4.78, 5) is 11.7. The van der Waals surface area contributed by atoms with E-state index in [4.69, 9.17) is 9.47 Å². The molecule has 0 aromatic heterocycles. The molecule has 3 rings (SSSR count). The lowest BCUT2D eigenvalue weighted by Gasteiger charge is -2.18. The van der Waals surface area contributed by atoms with Crippen molar-refractivity contribution >= 4 is 5.97 Å². The van der Waals surface area contributed by atoms with Crippen LogP contribution in [-0.2, 0) is 9.53 Å². The maximum atomic E-state index is 11.7. The minimum atomic E-state index is -0.298. The van der Waals surface area contributed by atoms with Crippen LogP contribution in [0.4, 0.5) is 0 Å². The lowest BCUT2D eigenvalue weighted by atomic mass is 9.88. The molecule has 0 saturated carbocycles. The van der Waals surface area contributed by atoms with E-state index >= 15 is 0 Å². The zero-order chi connectivity index (χ0) is 14.8. The molecule has 0 aliphatic carbocycles. The first-order chi connectivity index (χ1) is 10.2. The number of methoxy groups -OCH3 is 1. The van der Waals surface area contributed by atoms with E-state index in [2.05, 4.69) is 0 Å². The molecule has 1 heterocycles. The van der Waals surface area contributed by atoms with Crippen LogP contribution in [0.15, 0.2) is 48.5 Å². The molecule has 1 aliphatic heterocycles. The normalized spacial score (nSPS) is 21.1. The zero-order valence-corrected chi connectivity index (χ0v) is 11.7. The second-order valence-electron chi connectivity index (χ2n) is 5.09. The Labute approximate surface area is 122 Å². The molecule has 2 atom stereocenters. The molecule has 1 fully saturated rings. The molecule has 1 saturated heterocycles. The van der Waals surface area contributed by atoms with Gasteiger partial charge in [0.2, 0.25) is 0 Å². The fraction of sp³-hybridized carbons (Fsp3) is 0.235. The van der Waals surface area contributed by atoms with Crippen LogP contribution in [0.5, 0.6) is 11.5 Å². The highest BCUT2D eigenvalue weighted by atomic mass is 16.5. The number of rotatable bonds is 3. The molecule has 0 radical (unpaired) electrons. The third-order valence-electron chi connectivity index (χ3n) is 3.78. The highest BCUT2D eigenvalue weighted by Crippen LogP contribution is 2.42. The molecule has 21 heavy (non-hydrogen) atoms. The van der Waals surface area contributed by atoms with E-state index in [0.717, 1.165) is 16.9 Å². The summed E-state index contributed by atoms with van der Waals surface area (Å²) in [5.41, 5.74) is 1.93. The number of carbonyl (C=O) groups excluding carboxylic acids is 1. The number of cyclic esters (lactones) is 1. The molecule has 2 aromatic carbocycles. The van der Waals surface area contributed by atoms with Crippen molar-refractivity contribution < 1.29 is 19.4 Å². The fourth-order valence-electron chi connectivity index (χ4n) is 2.67. The molecule has 1 N–H and O–H groups in total. The molecule has 4 nitrogen and oxygen atoms in total. The van der Waals surface area contributed by atoms with Gasteiger partial charge < -0.3 is 14.6 Å². The first-order valence-corrected chi connectivity index (χ1v) is 6.80. The zero-order valence-electron chi connectivity index (χ0n) is 11.7.